The summed E-state index contributed by atoms with van der Waals surface area (Å²) in [7, 11) is 0. The van der Waals surface area contributed by atoms with Crippen molar-refractivity contribution in [2.24, 2.45) is 0 Å². The van der Waals surface area contributed by atoms with Gasteiger partial charge in [0, 0.05) is 0 Å². The van der Waals surface area contributed by atoms with Crippen molar-refractivity contribution < 1.29 is 14.3 Å². The Balaban J connectivity index is 2.15. The van der Waals surface area contributed by atoms with E-state index >= 15 is 0 Å². The predicted molar refractivity (Wildman–Crippen MR) is 83.7 cm³/mol. The van der Waals surface area contributed by atoms with Gasteiger partial charge in [-0.15, -0.1) is 6.42 Å². The zero-order valence-corrected chi connectivity index (χ0v) is 12.6. The Bertz CT molecular complexity index is 626. The van der Waals surface area contributed by atoms with Crippen LogP contribution in [0.5, 0.6) is 5.75 Å². The SMILES string of the molecule is C#CCN1C(=O)S/C(=C\c2ccc(OC(C)C)cc2)C1=O. The van der Waals surface area contributed by atoms with Gasteiger partial charge in [0.2, 0.25) is 0 Å². The molecule has 2 rings (SSSR count). The number of nitrogens with zero attached hydrogens (tertiary/aromatic N) is 1. The molecule has 108 valence electrons. The summed E-state index contributed by atoms with van der Waals surface area (Å²) in [5.41, 5.74) is 0.831. The Hall–Kier alpha value is -2.19. The molecule has 5 heteroatoms. The van der Waals surface area contributed by atoms with Crippen LogP contribution < -0.4 is 4.74 Å². The van der Waals surface area contributed by atoms with E-state index in [1.54, 1.807) is 6.08 Å². The normalized spacial score (nSPS) is 16.7. The molecule has 0 saturated carbocycles. The summed E-state index contributed by atoms with van der Waals surface area (Å²) < 4.78 is 5.55. The summed E-state index contributed by atoms with van der Waals surface area (Å²) in [5, 5.41) is -0.330. The number of carbonyl (C=O) groups excluding carboxylic acids is 2. The molecule has 1 aliphatic rings. The number of imide groups is 1. The molecule has 0 atom stereocenters. The van der Waals surface area contributed by atoms with Gasteiger partial charge in [-0.05, 0) is 49.4 Å². The molecule has 0 spiro atoms. The van der Waals surface area contributed by atoms with Crippen LogP contribution in [0.25, 0.3) is 6.08 Å². The molecule has 0 radical (unpaired) electrons. The van der Waals surface area contributed by atoms with E-state index in [2.05, 4.69) is 5.92 Å². The number of terminal acetylenes is 1. The summed E-state index contributed by atoms with van der Waals surface area (Å²) in [6.07, 6.45) is 6.94. The minimum Gasteiger partial charge on any atom is -0.491 e. The van der Waals surface area contributed by atoms with E-state index < -0.39 is 0 Å². The number of benzene rings is 1. The summed E-state index contributed by atoms with van der Waals surface area (Å²) in [6.45, 7) is 3.91. The molecule has 1 saturated heterocycles. The molecular weight excluding hydrogens is 286 g/mol. The molecule has 21 heavy (non-hydrogen) atoms. The molecule has 1 aliphatic heterocycles. The number of ether oxygens (including phenoxy) is 1. The monoisotopic (exact) mass is 301 g/mol. The van der Waals surface area contributed by atoms with Crippen LogP contribution >= 0.6 is 11.8 Å². The second kappa shape index (κ2) is 6.51. The van der Waals surface area contributed by atoms with Gasteiger partial charge in [0.05, 0.1) is 17.6 Å². The second-order valence-electron chi connectivity index (χ2n) is 4.71. The van der Waals surface area contributed by atoms with Gasteiger partial charge in [0.1, 0.15) is 5.75 Å². The van der Waals surface area contributed by atoms with E-state index in [1.165, 1.54) is 0 Å². The summed E-state index contributed by atoms with van der Waals surface area (Å²) >= 11 is 0.903. The van der Waals surface area contributed by atoms with Crippen molar-refractivity contribution in [1.82, 2.24) is 4.90 Å². The molecule has 0 aliphatic carbocycles. The molecular formula is C16H15NO3S. The van der Waals surface area contributed by atoms with Crippen molar-refractivity contribution in [3.8, 4) is 18.1 Å². The lowest BCUT2D eigenvalue weighted by atomic mass is 10.2. The molecule has 4 nitrogen and oxygen atoms in total. The highest BCUT2D eigenvalue weighted by atomic mass is 32.2. The smallest absolute Gasteiger partial charge is 0.294 e. The van der Waals surface area contributed by atoms with Gasteiger partial charge >= 0.3 is 0 Å². The lowest BCUT2D eigenvalue weighted by Gasteiger charge is -2.09. The van der Waals surface area contributed by atoms with Crippen molar-refractivity contribution in [1.29, 1.82) is 0 Å². The number of hydrogen-bond donors (Lipinski definition) is 0. The molecule has 1 fully saturated rings. The third-order valence-corrected chi connectivity index (χ3v) is 3.58. The van der Waals surface area contributed by atoms with E-state index in [1.807, 2.05) is 38.1 Å². The minimum absolute atomic E-state index is 0.00315. The average molecular weight is 301 g/mol. The highest BCUT2D eigenvalue weighted by Crippen LogP contribution is 2.32. The molecule has 1 aromatic carbocycles. The first-order valence-corrected chi connectivity index (χ1v) is 7.28. The fraction of sp³-hybridized carbons (Fsp3) is 0.250. The zero-order chi connectivity index (χ0) is 15.4. The Morgan fingerprint density at radius 1 is 1.33 bits per heavy atom. The van der Waals surface area contributed by atoms with Crippen LogP contribution in [0.1, 0.15) is 19.4 Å². The van der Waals surface area contributed by atoms with Gasteiger partial charge < -0.3 is 4.74 Å². The van der Waals surface area contributed by atoms with Crippen LogP contribution in [0.2, 0.25) is 0 Å². The lowest BCUT2D eigenvalue weighted by molar-refractivity contribution is -0.122. The first-order chi connectivity index (χ1) is 10.0. The van der Waals surface area contributed by atoms with Crippen molar-refractivity contribution in [2.75, 3.05) is 6.54 Å². The third-order valence-electron chi connectivity index (χ3n) is 2.67. The fourth-order valence-electron chi connectivity index (χ4n) is 1.79. The van der Waals surface area contributed by atoms with Crippen LogP contribution in [0, 0.1) is 12.3 Å². The molecule has 0 bridgehead atoms. The Labute approximate surface area is 128 Å². The topological polar surface area (TPSA) is 46.6 Å². The summed E-state index contributed by atoms with van der Waals surface area (Å²) in [5.74, 6) is 2.73. The Kier molecular flexibility index (Phi) is 4.71. The van der Waals surface area contributed by atoms with Gasteiger partial charge in [-0.2, -0.15) is 0 Å². The van der Waals surface area contributed by atoms with E-state index in [-0.39, 0.29) is 23.8 Å². The fourth-order valence-corrected chi connectivity index (χ4v) is 2.63. The Morgan fingerprint density at radius 3 is 2.57 bits per heavy atom. The average Bonchev–Trinajstić information content (AvgIpc) is 2.69. The number of rotatable bonds is 4. The lowest BCUT2D eigenvalue weighted by Crippen LogP contribution is -2.28. The summed E-state index contributed by atoms with van der Waals surface area (Å²) in [6, 6.07) is 7.34. The maximum Gasteiger partial charge on any atom is 0.294 e. The Morgan fingerprint density at radius 2 is 2.00 bits per heavy atom. The molecule has 0 aromatic heterocycles. The van der Waals surface area contributed by atoms with Gasteiger partial charge in [-0.25, -0.2) is 0 Å². The number of amides is 2. The first kappa shape index (κ1) is 15.2. The third kappa shape index (κ3) is 3.67. The zero-order valence-electron chi connectivity index (χ0n) is 11.8. The van der Waals surface area contributed by atoms with Crippen LogP contribution in [0.3, 0.4) is 0 Å². The van der Waals surface area contributed by atoms with Crippen LogP contribution in [0.15, 0.2) is 29.2 Å². The highest BCUT2D eigenvalue weighted by molar-refractivity contribution is 8.18. The van der Waals surface area contributed by atoms with Gasteiger partial charge in [0.15, 0.2) is 0 Å². The largest absolute Gasteiger partial charge is 0.491 e. The predicted octanol–water partition coefficient (Wildman–Crippen LogP) is 3.14. The van der Waals surface area contributed by atoms with Gasteiger partial charge in [-0.3, -0.25) is 14.5 Å². The van der Waals surface area contributed by atoms with E-state index in [4.69, 9.17) is 11.2 Å². The number of hydrogen-bond acceptors (Lipinski definition) is 4. The van der Waals surface area contributed by atoms with E-state index in [0.717, 1.165) is 28.0 Å². The van der Waals surface area contributed by atoms with E-state index in [9.17, 15) is 9.59 Å². The van der Waals surface area contributed by atoms with E-state index in [0.29, 0.717) is 4.91 Å². The van der Waals surface area contributed by atoms with Crippen molar-refractivity contribution in [3.05, 3.63) is 34.7 Å². The number of thioether (sulfide) groups is 1. The molecule has 2 amide bonds. The second-order valence-corrected chi connectivity index (χ2v) is 5.70. The first-order valence-electron chi connectivity index (χ1n) is 6.47. The molecule has 1 heterocycles. The highest BCUT2D eigenvalue weighted by Gasteiger charge is 2.34. The van der Waals surface area contributed by atoms with Crippen molar-refractivity contribution in [2.45, 2.75) is 20.0 Å². The maximum atomic E-state index is 12.0. The van der Waals surface area contributed by atoms with Crippen LogP contribution in [0.4, 0.5) is 4.79 Å². The summed E-state index contributed by atoms with van der Waals surface area (Å²) in [4.78, 5) is 25.1. The van der Waals surface area contributed by atoms with Crippen LogP contribution in [-0.4, -0.2) is 28.7 Å². The van der Waals surface area contributed by atoms with Crippen molar-refractivity contribution in [3.63, 3.8) is 0 Å². The van der Waals surface area contributed by atoms with Gasteiger partial charge in [0.25, 0.3) is 11.1 Å². The maximum absolute atomic E-state index is 12.0. The quantitative estimate of drug-likeness (QED) is 0.633. The van der Waals surface area contributed by atoms with Crippen molar-refractivity contribution >= 4 is 29.0 Å². The molecule has 1 aromatic rings. The van der Waals surface area contributed by atoms with Gasteiger partial charge in [-0.1, -0.05) is 18.1 Å². The molecule has 0 unspecified atom stereocenters. The molecule has 0 N–H and O–H groups in total. The minimum atomic E-state index is -0.342. The van der Waals surface area contributed by atoms with Crippen LogP contribution in [-0.2, 0) is 4.79 Å². The standard InChI is InChI=1S/C16H15NO3S/c1-4-9-17-15(18)14(21-16(17)19)10-12-5-7-13(8-6-12)20-11(2)3/h1,5-8,10-11H,9H2,2-3H3/b14-10-. The number of carbonyl (C=O) groups is 2.